The molecule has 0 bridgehead atoms. The second kappa shape index (κ2) is 8.69. The maximum atomic E-state index is 12.4. The SMILES string of the molecule is Cc1ccc(-c2noc(CNC(=O)[C@H](C)Oc3ccccc3C(C)C)n2)cc1. The smallest absolute Gasteiger partial charge is 0.261 e. The minimum Gasteiger partial charge on any atom is -0.481 e. The number of ether oxygens (including phenoxy) is 1. The summed E-state index contributed by atoms with van der Waals surface area (Å²) in [4.78, 5) is 16.7. The zero-order valence-corrected chi connectivity index (χ0v) is 16.6. The number of hydrogen-bond donors (Lipinski definition) is 1. The van der Waals surface area contributed by atoms with Crippen molar-refractivity contribution in [2.45, 2.75) is 46.3 Å². The Labute approximate surface area is 164 Å². The van der Waals surface area contributed by atoms with Crippen LogP contribution in [0.15, 0.2) is 53.1 Å². The number of amides is 1. The Morgan fingerprint density at radius 2 is 1.82 bits per heavy atom. The van der Waals surface area contributed by atoms with Crippen LogP contribution in [0.2, 0.25) is 0 Å². The molecule has 28 heavy (non-hydrogen) atoms. The van der Waals surface area contributed by atoms with Gasteiger partial charge < -0.3 is 14.6 Å². The third-order valence-electron chi connectivity index (χ3n) is 4.41. The van der Waals surface area contributed by atoms with Gasteiger partial charge in [-0.2, -0.15) is 4.98 Å². The molecule has 1 heterocycles. The molecule has 2 aromatic carbocycles. The minimum absolute atomic E-state index is 0.150. The molecule has 0 fully saturated rings. The second-order valence-electron chi connectivity index (χ2n) is 7.05. The first-order valence-corrected chi connectivity index (χ1v) is 9.37. The van der Waals surface area contributed by atoms with Gasteiger partial charge in [0.25, 0.3) is 5.91 Å². The molecule has 1 aromatic heterocycles. The first kappa shape index (κ1) is 19.6. The lowest BCUT2D eigenvalue weighted by molar-refractivity contribution is -0.127. The summed E-state index contributed by atoms with van der Waals surface area (Å²) in [6, 6.07) is 15.6. The normalized spacial score (nSPS) is 12.0. The van der Waals surface area contributed by atoms with E-state index in [9.17, 15) is 4.79 Å². The van der Waals surface area contributed by atoms with Crippen molar-refractivity contribution in [1.29, 1.82) is 0 Å². The molecular weight excluding hydrogens is 354 g/mol. The molecule has 0 aliphatic heterocycles. The van der Waals surface area contributed by atoms with Crippen LogP contribution < -0.4 is 10.1 Å². The second-order valence-corrected chi connectivity index (χ2v) is 7.05. The van der Waals surface area contributed by atoms with E-state index in [1.807, 2.05) is 55.5 Å². The molecule has 0 radical (unpaired) electrons. The summed E-state index contributed by atoms with van der Waals surface area (Å²) in [6.07, 6.45) is -0.639. The van der Waals surface area contributed by atoms with Crippen LogP contribution >= 0.6 is 0 Å². The van der Waals surface area contributed by atoms with Crippen molar-refractivity contribution in [3.63, 3.8) is 0 Å². The quantitative estimate of drug-likeness (QED) is 0.664. The van der Waals surface area contributed by atoms with Crippen LogP contribution in [0.25, 0.3) is 11.4 Å². The van der Waals surface area contributed by atoms with Crippen molar-refractivity contribution < 1.29 is 14.1 Å². The van der Waals surface area contributed by atoms with Crippen LogP contribution in [0.5, 0.6) is 5.75 Å². The summed E-state index contributed by atoms with van der Waals surface area (Å²) in [6.45, 7) is 8.07. The number of carbonyl (C=O) groups is 1. The van der Waals surface area contributed by atoms with Gasteiger partial charge in [0.15, 0.2) is 6.10 Å². The Kier molecular flexibility index (Phi) is 6.09. The lowest BCUT2D eigenvalue weighted by Gasteiger charge is -2.18. The number of nitrogens with zero attached hydrogens (tertiary/aromatic N) is 2. The number of para-hydroxylation sites is 1. The molecule has 0 unspecified atom stereocenters. The lowest BCUT2D eigenvalue weighted by Crippen LogP contribution is -2.36. The molecule has 6 nitrogen and oxygen atoms in total. The summed E-state index contributed by atoms with van der Waals surface area (Å²) in [5, 5.41) is 6.75. The van der Waals surface area contributed by atoms with E-state index in [2.05, 4.69) is 29.3 Å². The van der Waals surface area contributed by atoms with Gasteiger partial charge >= 0.3 is 0 Å². The number of benzene rings is 2. The highest BCUT2D eigenvalue weighted by Crippen LogP contribution is 2.26. The van der Waals surface area contributed by atoms with E-state index in [4.69, 9.17) is 9.26 Å². The van der Waals surface area contributed by atoms with Gasteiger partial charge in [0.05, 0.1) is 6.54 Å². The van der Waals surface area contributed by atoms with Crippen molar-refractivity contribution in [3.8, 4) is 17.1 Å². The molecule has 0 aliphatic carbocycles. The molecule has 1 N–H and O–H groups in total. The van der Waals surface area contributed by atoms with E-state index in [1.165, 1.54) is 0 Å². The summed E-state index contributed by atoms with van der Waals surface area (Å²) in [5.41, 5.74) is 3.10. The maximum absolute atomic E-state index is 12.4. The number of aromatic nitrogens is 2. The van der Waals surface area contributed by atoms with Crippen LogP contribution in [-0.4, -0.2) is 22.2 Å². The predicted molar refractivity (Wildman–Crippen MR) is 107 cm³/mol. The molecule has 0 aliphatic rings. The average molecular weight is 379 g/mol. The largest absolute Gasteiger partial charge is 0.481 e. The molecule has 146 valence electrons. The molecule has 1 amide bonds. The van der Waals surface area contributed by atoms with Gasteiger partial charge in [-0.1, -0.05) is 67.0 Å². The minimum atomic E-state index is -0.639. The highest BCUT2D eigenvalue weighted by molar-refractivity contribution is 5.80. The standard InChI is InChI=1S/C22H25N3O3/c1-14(2)18-7-5-6-8-19(18)27-16(4)22(26)23-13-20-24-21(25-28-20)17-11-9-15(3)10-12-17/h5-12,14,16H,13H2,1-4H3,(H,23,26)/t16-/m0/s1. The van der Waals surface area contributed by atoms with E-state index >= 15 is 0 Å². The summed E-state index contributed by atoms with van der Waals surface area (Å²) in [7, 11) is 0. The van der Waals surface area contributed by atoms with E-state index in [1.54, 1.807) is 6.92 Å². The van der Waals surface area contributed by atoms with Crippen molar-refractivity contribution in [2.24, 2.45) is 0 Å². The van der Waals surface area contributed by atoms with E-state index < -0.39 is 6.10 Å². The van der Waals surface area contributed by atoms with Crippen LogP contribution in [0, 0.1) is 6.92 Å². The lowest BCUT2D eigenvalue weighted by atomic mass is 10.0. The van der Waals surface area contributed by atoms with Crippen molar-refractivity contribution in [3.05, 3.63) is 65.5 Å². The van der Waals surface area contributed by atoms with Gasteiger partial charge in [0.1, 0.15) is 5.75 Å². The monoisotopic (exact) mass is 379 g/mol. The predicted octanol–water partition coefficient (Wildman–Crippen LogP) is 4.25. The molecule has 0 saturated carbocycles. The molecular formula is C22H25N3O3. The van der Waals surface area contributed by atoms with Crippen molar-refractivity contribution in [2.75, 3.05) is 0 Å². The van der Waals surface area contributed by atoms with E-state index in [0.717, 1.165) is 22.4 Å². The van der Waals surface area contributed by atoms with Gasteiger partial charge in [-0.3, -0.25) is 4.79 Å². The molecule has 3 rings (SSSR count). The van der Waals surface area contributed by atoms with Gasteiger partial charge in [-0.15, -0.1) is 0 Å². The van der Waals surface area contributed by atoms with Crippen LogP contribution in [0.3, 0.4) is 0 Å². The number of carbonyl (C=O) groups excluding carboxylic acids is 1. The molecule has 3 aromatic rings. The number of nitrogens with one attached hydrogen (secondary N) is 1. The summed E-state index contributed by atoms with van der Waals surface area (Å²) < 4.78 is 11.1. The fourth-order valence-corrected chi connectivity index (χ4v) is 2.76. The first-order chi connectivity index (χ1) is 13.4. The van der Waals surface area contributed by atoms with E-state index in [-0.39, 0.29) is 12.5 Å². The maximum Gasteiger partial charge on any atom is 0.261 e. The van der Waals surface area contributed by atoms with Gasteiger partial charge in [0, 0.05) is 5.56 Å². The Balaban J connectivity index is 1.58. The van der Waals surface area contributed by atoms with Gasteiger partial charge in [0.2, 0.25) is 11.7 Å². The molecule has 6 heteroatoms. The summed E-state index contributed by atoms with van der Waals surface area (Å²) >= 11 is 0. The Morgan fingerprint density at radius 1 is 1.11 bits per heavy atom. The average Bonchev–Trinajstić information content (AvgIpc) is 3.16. The molecule has 0 saturated heterocycles. The summed E-state index contributed by atoms with van der Waals surface area (Å²) in [5.74, 6) is 1.64. The first-order valence-electron chi connectivity index (χ1n) is 9.37. The van der Waals surface area contributed by atoms with Crippen molar-refractivity contribution in [1.82, 2.24) is 15.5 Å². The fraction of sp³-hybridized carbons (Fsp3) is 0.318. The van der Waals surface area contributed by atoms with Crippen LogP contribution in [-0.2, 0) is 11.3 Å². The van der Waals surface area contributed by atoms with Crippen LogP contribution in [0.4, 0.5) is 0 Å². The van der Waals surface area contributed by atoms with Gasteiger partial charge in [-0.25, -0.2) is 0 Å². The zero-order valence-electron chi connectivity index (χ0n) is 16.6. The number of rotatable bonds is 7. The third-order valence-corrected chi connectivity index (χ3v) is 4.41. The highest BCUT2D eigenvalue weighted by atomic mass is 16.5. The van der Waals surface area contributed by atoms with Crippen LogP contribution in [0.1, 0.15) is 43.7 Å². The Bertz CT molecular complexity index is 932. The highest BCUT2D eigenvalue weighted by Gasteiger charge is 2.18. The third kappa shape index (κ3) is 4.76. The number of aryl methyl sites for hydroxylation is 1. The Hall–Kier alpha value is -3.15. The van der Waals surface area contributed by atoms with E-state index in [0.29, 0.717) is 17.6 Å². The van der Waals surface area contributed by atoms with Crippen molar-refractivity contribution >= 4 is 5.91 Å². The number of hydrogen-bond acceptors (Lipinski definition) is 5. The Morgan fingerprint density at radius 3 is 2.54 bits per heavy atom. The van der Waals surface area contributed by atoms with Gasteiger partial charge in [-0.05, 0) is 31.4 Å². The topological polar surface area (TPSA) is 77.2 Å². The molecule has 1 atom stereocenters. The zero-order chi connectivity index (χ0) is 20.1. The fourth-order valence-electron chi connectivity index (χ4n) is 2.76. The molecule has 0 spiro atoms.